The van der Waals surface area contributed by atoms with Gasteiger partial charge in [0.25, 0.3) is 0 Å². The van der Waals surface area contributed by atoms with Crippen LogP contribution in [0.4, 0.5) is 0 Å². The van der Waals surface area contributed by atoms with Gasteiger partial charge in [-0.1, -0.05) is 25.5 Å². The van der Waals surface area contributed by atoms with Crippen molar-refractivity contribution in [2.75, 3.05) is 0 Å². The Bertz CT molecular complexity index is 431. The van der Waals surface area contributed by atoms with Crippen molar-refractivity contribution in [3.8, 4) is 5.75 Å². The van der Waals surface area contributed by atoms with E-state index in [0.717, 1.165) is 0 Å². The second-order valence-electron chi connectivity index (χ2n) is 4.09. The molecule has 0 bridgehead atoms. The van der Waals surface area contributed by atoms with Gasteiger partial charge in [0.15, 0.2) is 0 Å². The minimum absolute atomic E-state index is 0.0574. The maximum absolute atomic E-state index is 11.7. The minimum Gasteiger partial charge on any atom is -0.508 e. The van der Waals surface area contributed by atoms with E-state index >= 15 is 0 Å². The van der Waals surface area contributed by atoms with E-state index in [1.165, 1.54) is 12.1 Å². The van der Waals surface area contributed by atoms with Gasteiger partial charge in [-0.3, -0.25) is 4.79 Å². The molecular formula is C13H17NO4. The molecule has 5 heteroatoms. The third-order valence-corrected chi connectivity index (χ3v) is 2.49. The molecule has 0 saturated carbocycles. The fraction of sp³-hybridized carbons (Fsp3) is 0.385. The summed E-state index contributed by atoms with van der Waals surface area (Å²) in [7, 11) is 0. The van der Waals surface area contributed by atoms with Crippen LogP contribution in [0.5, 0.6) is 5.75 Å². The molecule has 18 heavy (non-hydrogen) atoms. The highest BCUT2D eigenvalue weighted by molar-refractivity contribution is 5.84. The smallest absolute Gasteiger partial charge is 0.326 e. The number of carbonyl (C=O) groups excluding carboxylic acids is 1. The van der Waals surface area contributed by atoms with E-state index in [9.17, 15) is 14.7 Å². The average molecular weight is 251 g/mol. The van der Waals surface area contributed by atoms with Gasteiger partial charge < -0.3 is 15.5 Å². The van der Waals surface area contributed by atoms with E-state index in [1.54, 1.807) is 12.1 Å². The van der Waals surface area contributed by atoms with Gasteiger partial charge in [-0.2, -0.15) is 0 Å². The van der Waals surface area contributed by atoms with Crippen molar-refractivity contribution in [2.24, 2.45) is 0 Å². The van der Waals surface area contributed by atoms with Crippen LogP contribution in [0.15, 0.2) is 24.3 Å². The van der Waals surface area contributed by atoms with Crippen LogP contribution in [0.2, 0.25) is 0 Å². The van der Waals surface area contributed by atoms with E-state index in [-0.39, 0.29) is 18.1 Å². The number of carboxylic acids is 1. The molecule has 1 aromatic carbocycles. The second-order valence-corrected chi connectivity index (χ2v) is 4.09. The van der Waals surface area contributed by atoms with Gasteiger partial charge in [0.05, 0.1) is 6.42 Å². The Labute approximate surface area is 105 Å². The highest BCUT2D eigenvalue weighted by Gasteiger charge is 2.18. The summed E-state index contributed by atoms with van der Waals surface area (Å²) in [5.74, 6) is -1.30. The van der Waals surface area contributed by atoms with Gasteiger partial charge in [-0.05, 0) is 24.1 Å². The summed E-state index contributed by atoms with van der Waals surface area (Å²) in [5.41, 5.74) is 0.646. The summed E-state index contributed by atoms with van der Waals surface area (Å²) >= 11 is 0. The number of rotatable bonds is 6. The summed E-state index contributed by atoms with van der Waals surface area (Å²) in [6, 6.07) is 5.49. The molecule has 1 atom stereocenters. The van der Waals surface area contributed by atoms with Gasteiger partial charge in [-0.25, -0.2) is 4.79 Å². The molecular weight excluding hydrogens is 234 g/mol. The number of phenols is 1. The maximum atomic E-state index is 11.7. The lowest BCUT2D eigenvalue weighted by atomic mass is 10.1. The first-order chi connectivity index (χ1) is 8.52. The summed E-state index contributed by atoms with van der Waals surface area (Å²) in [6.07, 6.45) is 1.15. The maximum Gasteiger partial charge on any atom is 0.326 e. The molecule has 0 saturated heterocycles. The largest absolute Gasteiger partial charge is 0.508 e. The monoisotopic (exact) mass is 251 g/mol. The van der Waals surface area contributed by atoms with Crippen LogP contribution in [0.3, 0.4) is 0 Å². The van der Waals surface area contributed by atoms with E-state index < -0.39 is 12.0 Å². The van der Waals surface area contributed by atoms with E-state index in [2.05, 4.69) is 5.32 Å². The zero-order chi connectivity index (χ0) is 13.5. The Morgan fingerprint density at radius 3 is 2.67 bits per heavy atom. The van der Waals surface area contributed by atoms with Crippen molar-refractivity contribution >= 4 is 11.9 Å². The molecule has 0 heterocycles. The summed E-state index contributed by atoms with van der Waals surface area (Å²) in [6.45, 7) is 1.86. The molecule has 5 nitrogen and oxygen atoms in total. The highest BCUT2D eigenvalue weighted by atomic mass is 16.4. The number of hydrogen-bond donors (Lipinski definition) is 3. The normalized spacial score (nSPS) is 11.8. The Morgan fingerprint density at radius 2 is 2.11 bits per heavy atom. The molecule has 0 aliphatic rings. The zero-order valence-corrected chi connectivity index (χ0v) is 10.2. The third kappa shape index (κ3) is 4.45. The molecule has 0 aliphatic heterocycles. The van der Waals surface area contributed by atoms with E-state index in [4.69, 9.17) is 5.11 Å². The quantitative estimate of drug-likeness (QED) is 0.711. The lowest BCUT2D eigenvalue weighted by Gasteiger charge is -2.13. The van der Waals surface area contributed by atoms with Crippen LogP contribution >= 0.6 is 0 Å². The number of amides is 1. The first-order valence-corrected chi connectivity index (χ1v) is 5.83. The van der Waals surface area contributed by atoms with Gasteiger partial charge in [0, 0.05) is 0 Å². The molecule has 98 valence electrons. The second kappa shape index (κ2) is 6.64. The Hall–Kier alpha value is -2.04. The fourth-order valence-corrected chi connectivity index (χ4v) is 1.64. The number of carboxylic acid groups (broad SMARTS) is 1. The SMILES string of the molecule is CCC[C@@H](NC(=O)Cc1cccc(O)c1)C(=O)O. The van der Waals surface area contributed by atoms with Crippen molar-refractivity contribution in [1.29, 1.82) is 0 Å². The molecule has 0 aliphatic carbocycles. The molecule has 0 unspecified atom stereocenters. The van der Waals surface area contributed by atoms with Gasteiger partial charge in [0.1, 0.15) is 11.8 Å². The number of benzene rings is 1. The van der Waals surface area contributed by atoms with E-state index in [0.29, 0.717) is 18.4 Å². The number of carbonyl (C=O) groups is 2. The van der Waals surface area contributed by atoms with Crippen molar-refractivity contribution in [2.45, 2.75) is 32.2 Å². The molecule has 1 rings (SSSR count). The number of aromatic hydroxyl groups is 1. The molecule has 0 aromatic heterocycles. The van der Waals surface area contributed by atoms with Crippen LogP contribution in [-0.4, -0.2) is 28.1 Å². The standard InChI is InChI=1S/C13H17NO4/c1-2-4-11(13(17)18)14-12(16)8-9-5-3-6-10(15)7-9/h3,5-7,11,15H,2,4,8H2,1H3,(H,14,16)(H,17,18)/t11-/m1/s1. The van der Waals surface area contributed by atoms with Crippen molar-refractivity contribution in [3.05, 3.63) is 29.8 Å². The third-order valence-electron chi connectivity index (χ3n) is 2.49. The molecule has 0 spiro atoms. The summed E-state index contributed by atoms with van der Waals surface area (Å²) in [4.78, 5) is 22.5. The molecule has 3 N–H and O–H groups in total. The number of aliphatic carboxylic acids is 1. The molecule has 0 fully saturated rings. The molecule has 0 radical (unpaired) electrons. The van der Waals surface area contributed by atoms with Crippen LogP contribution in [-0.2, 0) is 16.0 Å². The lowest BCUT2D eigenvalue weighted by Crippen LogP contribution is -2.41. The van der Waals surface area contributed by atoms with Crippen LogP contribution in [0.1, 0.15) is 25.3 Å². The fourth-order valence-electron chi connectivity index (χ4n) is 1.64. The lowest BCUT2D eigenvalue weighted by molar-refractivity contribution is -0.141. The summed E-state index contributed by atoms with van der Waals surface area (Å²) < 4.78 is 0. The first kappa shape index (κ1) is 14.0. The molecule has 1 amide bonds. The highest BCUT2D eigenvalue weighted by Crippen LogP contribution is 2.11. The average Bonchev–Trinajstić information content (AvgIpc) is 2.28. The predicted octanol–water partition coefficient (Wildman–Crippen LogP) is 1.30. The van der Waals surface area contributed by atoms with Gasteiger partial charge in [-0.15, -0.1) is 0 Å². The van der Waals surface area contributed by atoms with Crippen LogP contribution < -0.4 is 5.32 Å². The number of phenolic OH excluding ortho intramolecular Hbond substituents is 1. The predicted molar refractivity (Wildman–Crippen MR) is 66.3 cm³/mol. The Kier molecular flexibility index (Phi) is 5.17. The van der Waals surface area contributed by atoms with Gasteiger partial charge in [0.2, 0.25) is 5.91 Å². The van der Waals surface area contributed by atoms with Crippen molar-refractivity contribution in [3.63, 3.8) is 0 Å². The Balaban J connectivity index is 2.57. The summed E-state index contributed by atoms with van der Waals surface area (Å²) in [5, 5.41) is 20.6. The van der Waals surface area contributed by atoms with Gasteiger partial charge >= 0.3 is 5.97 Å². The topological polar surface area (TPSA) is 86.6 Å². The minimum atomic E-state index is -1.03. The number of hydrogen-bond acceptors (Lipinski definition) is 3. The van der Waals surface area contributed by atoms with Crippen LogP contribution in [0, 0.1) is 0 Å². The molecule has 1 aromatic rings. The van der Waals surface area contributed by atoms with E-state index in [1.807, 2.05) is 6.92 Å². The van der Waals surface area contributed by atoms with Crippen molar-refractivity contribution < 1.29 is 19.8 Å². The van der Waals surface area contributed by atoms with Crippen molar-refractivity contribution in [1.82, 2.24) is 5.32 Å². The zero-order valence-electron chi connectivity index (χ0n) is 10.2. The Morgan fingerprint density at radius 1 is 1.39 bits per heavy atom. The van der Waals surface area contributed by atoms with Crippen LogP contribution in [0.25, 0.3) is 0 Å². The number of nitrogens with one attached hydrogen (secondary N) is 1. The first-order valence-electron chi connectivity index (χ1n) is 5.83.